The fourth-order valence-corrected chi connectivity index (χ4v) is 2.61. The van der Waals surface area contributed by atoms with Gasteiger partial charge in [-0.25, -0.2) is 8.42 Å². The normalized spacial score (nSPS) is 11.8. The zero-order valence-corrected chi connectivity index (χ0v) is 13.0. The van der Waals surface area contributed by atoms with E-state index in [-0.39, 0.29) is 17.0 Å². The highest BCUT2D eigenvalue weighted by molar-refractivity contribution is 7.89. The van der Waals surface area contributed by atoms with Crippen LogP contribution in [-0.2, 0) is 10.0 Å². The Hall–Kier alpha value is -2.05. The Morgan fingerprint density at radius 2 is 2.04 bits per heavy atom. The van der Waals surface area contributed by atoms with Crippen LogP contribution in [0, 0.1) is 12.3 Å². The van der Waals surface area contributed by atoms with Crippen molar-refractivity contribution in [1.82, 2.24) is 9.62 Å². The molecule has 0 atom stereocenters. The lowest BCUT2D eigenvalue weighted by Crippen LogP contribution is -2.31. The van der Waals surface area contributed by atoms with Crippen LogP contribution in [0.2, 0.25) is 0 Å². The summed E-state index contributed by atoms with van der Waals surface area (Å²) in [6.07, 6.45) is -0.548. The SMILES string of the molecule is C#CCNS(=O)(=O)c1cccc(C(=O)N(C)CCC(F)(F)F)c1. The second kappa shape index (κ2) is 7.48. The average Bonchev–Trinajstić information content (AvgIpc) is 2.49. The van der Waals surface area contributed by atoms with Crippen LogP contribution in [0.1, 0.15) is 16.8 Å². The highest BCUT2D eigenvalue weighted by atomic mass is 32.2. The van der Waals surface area contributed by atoms with Gasteiger partial charge in [0.2, 0.25) is 10.0 Å². The van der Waals surface area contributed by atoms with E-state index in [1.165, 1.54) is 25.2 Å². The average molecular weight is 348 g/mol. The van der Waals surface area contributed by atoms with Crippen molar-refractivity contribution in [3.05, 3.63) is 29.8 Å². The van der Waals surface area contributed by atoms with Gasteiger partial charge in [-0.05, 0) is 18.2 Å². The van der Waals surface area contributed by atoms with E-state index in [4.69, 9.17) is 6.42 Å². The van der Waals surface area contributed by atoms with Crippen molar-refractivity contribution < 1.29 is 26.4 Å². The van der Waals surface area contributed by atoms with Crippen molar-refractivity contribution in [2.24, 2.45) is 0 Å². The fraction of sp³-hybridized carbons (Fsp3) is 0.357. The van der Waals surface area contributed by atoms with E-state index in [0.717, 1.165) is 11.0 Å². The van der Waals surface area contributed by atoms with E-state index >= 15 is 0 Å². The Labute approximate surface area is 132 Å². The second-order valence-electron chi connectivity index (χ2n) is 4.65. The molecular formula is C14H15F3N2O3S. The number of halogens is 3. The predicted octanol–water partition coefficient (Wildman–Crippen LogP) is 1.62. The van der Waals surface area contributed by atoms with Gasteiger partial charge in [-0.3, -0.25) is 4.79 Å². The van der Waals surface area contributed by atoms with E-state index in [2.05, 4.69) is 10.6 Å². The van der Waals surface area contributed by atoms with Crippen molar-refractivity contribution in [3.8, 4) is 12.3 Å². The summed E-state index contributed by atoms with van der Waals surface area (Å²) in [6.45, 7) is -0.735. The lowest BCUT2D eigenvalue weighted by molar-refractivity contribution is -0.136. The number of sulfonamides is 1. The first-order valence-electron chi connectivity index (χ1n) is 6.42. The van der Waals surface area contributed by atoms with Gasteiger partial charge in [0.15, 0.2) is 0 Å². The molecule has 0 radical (unpaired) electrons. The summed E-state index contributed by atoms with van der Waals surface area (Å²) >= 11 is 0. The molecule has 1 amide bonds. The molecule has 126 valence electrons. The van der Waals surface area contributed by atoms with E-state index in [1.54, 1.807) is 0 Å². The molecule has 0 aromatic heterocycles. The summed E-state index contributed by atoms with van der Waals surface area (Å²) in [6, 6.07) is 5.00. The van der Waals surface area contributed by atoms with Crippen molar-refractivity contribution in [2.75, 3.05) is 20.1 Å². The molecule has 1 aromatic carbocycles. The third kappa shape index (κ3) is 5.92. The molecule has 0 saturated heterocycles. The van der Waals surface area contributed by atoms with Crippen LogP contribution in [0.3, 0.4) is 0 Å². The Kier molecular flexibility index (Phi) is 6.18. The maximum absolute atomic E-state index is 12.2. The molecule has 0 unspecified atom stereocenters. The number of carbonyl (C=O) groups is 1. The summed E-state index contributed by atoms with van der Waals surface area (Å²) in [5, 5.41) is 0. The first kappa shape index (κ1) is 19.0. The smallest absolute Gasteiger partial charge is 0.341 e. The summed E-state index contributed by atoms with van der Waals surface area (Å²) in [7, 11) is -2.67. The maximum Gasteiger partial charge on any atom is 0.390 e. The topological polar surface area (TPSA) is 66.5 Å². The summed E-state index contributed by atoms with van der Waals surface area (Å²) in [5.74, 6) is 1.40. The number of hydrogen-bond donors (Lipinski definition) is 1. The zero-order chi connectivity index (χ0) is 17.7. The molecule has 0 fully saturated rings. The number of amides is 1. The lowest BCUT2D eigenvalue weighted by atomic mass is 10.2. The van der Waals surface area contributed by atoms with Crippen LogP contribution in [0.15, 0.2) is 29.2 Å². The molecule has 0 aliphatic heterocycles. The van der Waals surface area contributed by atoms with Gasteiger partial charge in [-0.15, -0.1) is 6.42 Å². The van der Waals surface area contributed by atoms with Crippen LogP contribution in [0.25, 0.3) is 0 Å². The van der Waals surface area contributed by atoms with Gasteiger partial charge in [-0.1, -0.05) is 12.0 Å². The second-order valence-corrected chi connectivity index (χ2v) is 6.42. The van der Waals surface area contributed by atoms with Crippen LogP contribution in [-0.4, -0.2) is 45.5 Å². The number of nitrogens with zero attached hydrogens (tertiary/aromatic N) is 1. The molecule has 0 saturated carbocycles. The van der Waals surface area contributed by atoms with Gasteiger partial charge in [-0.2, -0.15) is 17.9 Å². The minimum atomic E-state index is -4.38. The van der Waals surface area contributed by atoms with E-state index in [1.807, 2.05) is 0 Å². The molecule has 1 N–H and O–H groups in total. The third-order valence-electron chi connectivity index (χ3n) is 2.83. The molecule has 1 rings (SSSR count). The highest BCUT2D eigenvalue weighted by Gasteiger charge is 2.28. The first-order chi connectivity index (χ1) is 10.6. The van der Waals surface area contributed by atoms with Crippen molar-refractivity contribution >= 4 is 15.9 Å². The van der Waals surface area contributed by atoms with E-state index < -0.39 is 35.1 Å². The quantitative estimate of drug-likeness (QED) is 0.795. The Balaban J connectivity index is 2.92. The van der Waals surface area contributed by atoms with Crippen LogP contribution >= 0.6 is 0 Å². The van der Waals surface area contributed by atoms with Gasteiger partial charge in [0, 0.05) is 19.2 Å². The molecular weight excluding hydrogens is 333 g/mol. The molecule has 23 heavy (non-hydrogen) atoms. The monoisotopic (exact) mass is 348 g/mol. The van der Waals surface area contributed by atoms with Crippen LogP contribution in [0.4, 0.5) is 13.2 Å². The molecule has 1 aromatic rings. The number of hydrogen-bond acceptors (Lipinski definition) is 3. The molecule has 0 bridgehead atoms. The Morgan fingerprint density at radius 1 is 1.39 bits per heavy atom. The summed E-state index contributed by atoms with van der Waals surface area (Å²) in [5.41, 5.74) is -0.0294. The number of benzene rings is 1. The summed E-state index contributed by atoms with van der Waals surface area (Å²) < 4.78 is 62.5. The molecule has 0 aliphatic rings. The minimum Gasteiger partial charge on any atom is -0.341 e. The molecule has 5 nitrogen and oxygen atoms in total. The lowest BCUT2D eigenvalue weighted by Gasteiger charge is -2.18. The summed E-state index contributed by atoms with van der Waals surface area (Å²) in [4.78, 5) is 12.8. The van der Waals surface area contributed by atoms with E-state index in [0.29, 0.717) is 0 Å². The van der Waals surface area contributed by atoms with Crippen LogP contribution < -0.4 is 4.72 Å². The van der Waals surface area contributed by atoms with Gasteiger partial charge < -0.3 is 4.90 Å². The highest BCUT2D eigenvalue weighted by Crippen LogP contribution is 2.20. The van der Waals surface area contributed by atoms with Gasteiger partial charge >= 0.3 is 6.18 Å². The molecule has 9 heteroatoms. The zero-order valence-electron chi connectivity index (χ0n) is 12.2. The van der Waals surface area contributed by atoms with Gasteiger partial charge in [0.05, 0.1) is 17.9 Å². The molecule has 0 aliphatic carbocycles. The Bertz CT molecular complexity index is 709. The molecule has 0 heterocycles. The Morgan fingerprint density at radius 3 is 2.61 bits per heavy atom. The predicted molar refractivity (Wildman–Crippen MR) is 78.1 cm³/mol. The standard InChI is InChI=1S/C14H15F3N2O3S/c1-3-8-18-23(21,22)12-6-4-5-11(10-12)13(20)19(2)9-7-14(15,16)17/h1,4-6,10,18H,7-9H2,2H3. The molecule has 0 spiro atoms. The van der Waals surface area contributed by atoms with Gasteiger partial charge in [0.1, 0.15) is 0 Å². The largest absolute Gasteiger partial charge is 0.390 e. The van der Waals surface area contributed by atoms with E-state index in [9.17, 15) is 26.4 Å². The van der Waals surface area contributed by atoms with Crippen molar-refractivity contribution in [3.63, 3.8) is 0 Å². The van der Waals surface area contributed by atoms with Crippen LogP contribution in [0.5, 0.6) is 0 Å². The fourth-order valence-electron chi connectivity index (χ4n) is 1.63. The van der Waals surface area contributed by atoms with Crippen molar-refractivity contribution in [1.29, 1.82) is 0 Å². The number of terminal acetylenes is 1. The van der Waals surface area contributed by atoms with Gasteiger partial charge in [0.25, 0.3) is 5.91 Å². The number of nitrogens with one attached hydrogen (secondary N) is 1. The number of rotatable bonds is 6. The minimum absolute atomic E-state index is 0.0294. The maximum atomic E-state index is 12.2. The van der Waals surface area contributed by atoms with Crippen molar-refractivity contribution in [2.45, 2.75) is 17.5 Å². The number of carbonyl (C=O) groups excluding carboxylic acids is 1. The number of alkyl halides is 3. The first-order valence-corrected chi connectivity index (χ1v) is 7.90. The third-order valence-corrected chi connectivity index (χ3v) is 4.23.